The van der Waals surface area contributed by atoms with Gasteiger partial charge in [0, 0.05) is 13.5 Å². The summed E-state index contributed by atoms with van der Waals surface area (Å²) in [6.07, 6.45) is 0.475. The summed E-state index contributed by atoms with van der Waals surface area (Å²) >= 11 is 0. The average Bonchev–Trinajstić information content (AvgIpc) is 2.52. The van der Waals surface area contributed by atoms with Gasteiger partial charge in [0.15, 0.2) is 5.58 Å². The second kappa shape index (κ2) is 3.84. The third-order valence-electron chi connectivity index (χ3n) is 2.42. The first-order valence-electron chi connectivity index (χ1n) is 4.88. The quantitative estimate of drug-likeness (QED) is 0.843. The maximum absolute atomic E-state index is 11.6. The molecule has 1 N–H and O–H groups in total. The van der Waals surface area contributed by atoms with Gasteiger partial charge in [0.25, 0.3) is 5.56 Å². The Morgan fingerprint density at radius 3 is 2.94 bits per heavy atom. The van der Waals surface area contributed by atoms with Crippen molar-refractivity contribution >= 4 is 16.9 Å². The van der Waals surface area contributed by atoms with E-state index in [1.165, 1.54) is 0 Å². The summed E-state index contributed by atoms with van der Waals surface area (Å²) < 4.78 is 6.33. The van der Waals surface area contributed by atoms with E-state index in [1.54, 1.807) is 25.2 Å². The van der Waals surface area contributed by atoms with E-state index < -0.39 is 5.97 Å². The van der Waals surface area contributed by atoms with Crippen molar-refractivity contribution in [2.45, 2.75) is 12.8 Å². The number of carbonyl (C=O) groups is 1. The number of nitrogens with zero attached hydrogens (tertiary/aromatic N) is 1. The molecular weight excluding hydrogens is 210 g/mol. The Kier molecular flexibility index (Phi) is 2.52. The van der Waals surface area contributed by atoms with Gasteiger partial charge >= 0.3 is 5.97 Å². The minimum Gasteiger partial charge on any atom is -0.481 e. The molecule has 16 heavy (non-hydrogen) atoms. The normalized spacial score (nSPS) is 10.8. The van der Waals surface area contributed by atoms with Gasteiger partial charge < -0.3 is 9.63 Å². The van der Waals surface area contributed by atoms with Crippen molar-refractivity contribution in [2.75, 3.05) is 0 Å². The fourth-order valence-corrected chi connectivity index (χ4v) is 1.59. The molecule has 0 amide bonds. The average molecular weight is 221 g/mol. The predicted molar refractivity (Wildman–Crippen MR) is 57.4 cm³/mol. The summed E-state index contributed by atoms with van der Waals surface area (Å²) in [5.41, 5.74) is 1.15. The highest BCUT2D eigenvalue weighted by Crippen LogP contribution is 2.14. The van der Waals surface area contributed by atoms with E-state index in [1.807, 2.05) is 0 Å². The summed E-state index contributed by atoms with van der Waals surface area (Å²) in [6.45, 7) is 0. The van der Waals surface area contributed by atoms with Gasteiger partial charge in [-0.2, -0.15) is 4.74 Å². The zero-order valence-electron chi connectivity index (χ0n) is 8.77. The Morgan fingerprint density at radius 1 is 1.50 bits per heavy atom. The van der Waals surface area contributed by atoms with Gasteiger partial charge in [0.05, 0.1) is 5.39 Å². The van der Waals surface area contributed by atoms with Crippen LogP contribution >= 0.6 is 0 Å². The van der Waals surface area contributed by atoms with Crippen LogP contribution in [0.3, 0.4) is 0 Å². The highest BCUT2D eigenvalue weighted by Gasteiger charge is 2.07. The first-order chi connectivity index (χ1) is 7.58. The van der Waals surface area contributed by atoms with E-state index in [0.717, 1.165) is 10.3 Å². The lowest BCUT2D eigenvalue weighted by Crippen LogP contribution is -2.09. The van der Waals surface area contributed by atoms with E-state index >= 15 is 0 Å². The number of aryl methyl sites for hydroxylation is 2. The number of aliphatic carboxylic acids is 1. The summed E-state index contributed by atoms with van der Waals surface area (Å²) in [5, 5.41) is 9.05. The van der Waals surface area contributed by atoms with Gasteiger partial charge in [-0.05, 0) is 24.1 Å². The van der Waals surface area contributed by atoms with Crippen molar-refractivity contribution in [3.63, 3.8) is 0 Å². The number of hydrogen-bond donors (Lipinski definition) is 1. The lowest BCUT2D eigenvalue weighted by atomic mass is 10.1. The number of hydrogen-bond acceptors (Lipinski definition) is 3. The topological polar surface area (TPSA) is 72.4 Å². The smallest absolute Gasteiger partial charge is 0.303 e. The van der Waals surface area contributed by atoms with Crippen LogP contribution in [0.1, 0.15) is 12.0 Å². The standard InChI is InChI=1S/C11H11NO4/c1-12-11(15)8-6-7(3-5-10(13)14)2-4-9(8)16-12/h2,4,6H,3,5H2,1H3,(H,13,14). The summed E-state index contributed by atoms with van der Waals surface area (Å²) in [4.78, 5) is 22.0. The van der Waals surface area contributed by atoms with Crippen molar-refractivity contribution in [3.8, 4) is 0 Å². The Balaban J connectivity index is 2.39. The van der Waals surface area contributed by atoms with E-state index in [0.29, 0.717) is 17.4 Å². The fraction of sp³-hybridized carbons (Fsp3) is 0.273. The molecule has 0 aliphatic carbocycles. The molecule has 1 heterocycles. The SMILES string of the molecule is Cn1oc2ccc(CCC(=O)O)cc2c1=O. The van der Waals surface area contributed by atoms with E-state index in [-0.39, 0.29) is 12.0 Å². The van der Waals surface area contributed by atoms with Gasteiger partial charge in [-0.15, -0.1) is 0 Å². The van der Waals surface area contributed by atoms with Crippen LogP contribution in [0.4, 0.5) is 0 Å². The van der Waals surface area contributed by atoms with Crippen LogP contribution in [0.2, 0.25) is 0 Å². The summed E-state index contributed by atoms with van der Waals surface area (Å²) in [6, 6.07) is 5.15. The van der Waals surface area contributed by atoms with Gasteiger partial charge in [-0.1, -0.05) is 6.07 Å². The molecule has 1 aromatic carbocycles. The number of carboxylic acid groups (broad SMARTS) is 1. The molecule has 0 radical (unpaired) electrons. The molecule has 0 unspecified atom stereocenters. The predicted octanol–water partition coefficient (Wildman–Crippen LogP) is 1.15. The molecule has 0 bridgehead atoms. The Morgan fingerprint density at radius 2 is 2.25 bits per heavy atom. The van der Waals surface area contributed by atoms with Crippen LogP contribution in [0, 0.1) is 0 Å². The van der Waals surface area contributed by atoms with Crippen molar-refractivity contribution in [1.82, 2.24) is 4.74 Å². The minimum atomic E-state index is -0.847. The minimum absolute atomic E-state index is 0.0592. The van der Waals surface area contributed by atoms with E-state index in [4.69, 9.17) is 9.63 Å². The number of fused-ring (bicyclic) bond motifs is 1. The molecule has 0 atom stereocenters. The van der Waals surface area contributed by atoms with Crippen LogP contribution in [0.15, 0.2) is 27.5 Å². The zero-order valence-corrected chi connectivity index (χ0v) is 8.77. The molecule has 0 aliphatic rings. The molecule has 84 valence electrons. The monoisotopic (exact) mass is 221 g/mol. The summed E-state index contributed by atoms with van der Waals surface area (Å²) in [7, 11) is 1.54. The summed E-state index contributed by atoms with van der Waals surface area (Å²) in [5.74, 6) is -0.847. The van der Waals surface area contributed by atoms with Gasteiger partial charge in [-0.3, -0.25) is 9.59 Å². The van der Waals surface area contributed by atoms with Gasteiger partial charge in [0.1, 0.15) is 0 Å². The van der Waals surface area contributed by atoms with E-state index in [2.05, 4.69) is 0 Å². The molecule has 1 aromatic heterocycles. The van der Waals surface area contributed by atoms with Crippen LogP contribution in [0.25, 0.3) is 11.0 Å². The van der Waals surface area contributed by atoms with Crippen molar-refractivity contribution < 1.29 is 14.4 Å². The fourth-order valence-electron chi connectivity index (χ4n) is 1.59. The number of aromatic nitrogens is 1. The molecule has 0 aliphatic heterocycles. The molecule has 5 heteroatoms. The first kappa shape index (κ1) is 10.5. The maximum Gasteiger partial charge on any atom is 0.303 e. The Labute approximate surface area is 90.9 Å². The second-order valence-electron chi connectivity index (χ2n) is 3.62. The van der Waals surface area contributed by atoms with Crippen molar-refractivity contribution in [3.05, 3.63) is 34.1 Å². The Bertz CT molecular complexity index is 594. The largest absolute Gasteiger partial charge is 0.481 e. The van der Waals surface area contributed by atoms with Crippen molar-refractivity contribution in [2.24, 2.45) is 7.05 Å². The number of rotatable bonds is 3. The number of carboxylic acids is 1. The van der Waals surface area contributed by atoms with Gasteiger partial charge in [0.2, 0.25) is 0 Å². The van der Waals surface area contributed by atoms with Crippen LogP contribution in [-0.4, -0.2) is 15.8 Å². The lowest BCUT2D eigenvalue weighted by molar-refractivity contribution is -0.136. The molecule has 2 rings (SSSR count). The molecule has 0 spiro atoms. The van der Waals surface area contributed by atoms with Crippen molar-refractivity contribution in [1.29, 1.82) is 0 Å². The molecule has 2 aromatic rings. The zero-order chi connectivity index (χ0) is 11.7. The highest BCUT2D eigenvalue weighted by molar-refractivity contribution is 5.76. The second-order valence-corrected chi connectivity index (χ2v) is 3.62. The van der Waals surface area contributed by atoms with E-state index in [9.17, 15) is 9.59 Å². The third kappa shape index (κ3) is 1.84. The molecule has 0 fully saturated rings. The molecule has 5 nitrogen and oxygen atoms in total. The molecule has 0 saturated heterocycles. The third-order valence-corrected chi connectivity index (χ3v) is 2.42. The lowest BCUT2D eigenvalue weighted by Gasteiger charge is -1.96. The van der Waals surface area contributed by atoms with Crippen LogP contribution in [0.5, 0.6) is 0 Å². The molecular formula is C11H11NO4. The Hall–Kier alpha value is -2.04. The maximum atomic E-state index is 11.6. The highest BCUT2D eigenvalue weighted by atomic mass is 16.5. The van der Waals surface area contributed by atoms with Crippen LogP contribution in [-0.2, 0) is 18.3 Å². The van der Waals surface area contributed by atoms with Gasteiger partial charge in [-0.25, -0.2) is 0 Å². The molecule has 0 saturated carbocycles. The first-order valence-corrected chi connectivity index (χ1v) is 4.88. The van der Waals surface area contributed by atoms with Crippen LogP contribution < -0.4 is 5.56 Å². The number of benzene rings is 1.